The molecule has 0 aliphatic carbocycles. The number of aryl methyl sites for hydroxylation is 1. The van der Waals surface area contributed by atoms with Gasteiger partial charge in [-0.05, 0) is 70.3 Å². The highest BCUT2D eigenvalue weighted by molar-refractivity contribution is 5.78. The first kappa shape index (κ1) is 24.0. The molecule has 2 aromatic carbocycles. The van der Waals surface area contributed by atoms with Gasteiger partial charge in [-0.2, -0.15) is 4.98 Å². The van der Waals surface area contributed by atoms with E-state index in [1.807, 2.05) is 56.3 Å². The molecule has 1 amide bonds. The van der Waals surface area contributed by atoms with Crippen LogP contribution in [0, 0.1) is 5.92 Å². The molecule has 0 bridgehead atoms. The highest BCUT2D eigenvalue weighted by Gasteiger charge is 2.25. The van der Waals surface area contributed by atoms with E-state index < -0.39 is 0 Å². The van der Waals surface area contributed by atoms with Crippen molar-refractivity contribution >= 4 is 5.91 Å². The molecule has 1 aromatic heterocycles. The normalized spacial score (nSPS) is 14.9. The molecule has 7 nitrogen and oxygen atoms in total. The maximum atomic E-state index is 12.6. The molecule has 0 saturated carbocycles. The molecular weight excluding hydrogens is 428 g/mol. The molecule has 7 heteroatoms. The predicted molar refractivity (Wildman–Crippen MR) is 131 cm³/mol. The quantitative estimate of drug-likeness (QED) is 0.447. The lowest BCUT2D eigenvalue weighted by atomic mass is 9.96. The summed E-state index contributed by atoms with van der Waals surface area (Å²) < 4.78 is 11.1. The summed E-state index contributed by atoms with van der Waals surface area (Å²) in [6, 6.07) is 18.0. The van der Waals surface area contributed by atoms with Crippen LogP contribution in [0.25, 0.3) is 11.4 Å². The molecule has 0 radical (unpaired) electrons. The van der Waals surface area contributed by atoms with Crippen LogP contribution in [-0.4, -0.2) is 46.7 Å². The number of nitrogens with one attached hydrogen (secondary N) is 1. The van der Waals surface area contributed by atoms with Gasteiger partial charge in [0.1, 0.15) is 5.75 Å². The SMILES string of the molecule is CC(C)Oc1ccc(CCCNC(=O)C2CCN(Cc3nc(-c4ccccc4)no3)CC2)cc1. The third kappa shape index (κ3) is 6.90. The fraction of sp³-hybridized carbons (Fsp3) is 0.444. The van der Waals surface area contributed by atoms with Gasteiger partial charge in [0.15, 0.2) is 0 Å². The standard InChI is InChI=1S/C27H34N4O3/c1-20(2)33-24-12-10-21(11-13-24)7-6-16-28-27(32)23-14-17-31(18-15-23)19-25-29-26(30-34-25)22-8-4-3-5-9-22/h3-5,8-13,20,23H,6-7,14-19H2,1-2H3,(H,28,32). The zero-order chi connectivity index (χ0) is 23.8. The Morgan fingerprint density at radius 3 is 2.56 bits per heavy atom. The molecule has 0 spiro atoms. The summed E-state index contributed by atoms with van der Waals surface area (Å²) in [6.07, 6.45) is 3.75. The smallest absolute Gasteiger partial charge is 0.241 e. The van der Waals surface area contributed by atoms with Gasteiger partial charge in [0.2, 0.25) is 17.6 Å². The summed E-state index contributed by atoms with van der Waals surface area (Å²) in [5, 5.41) is 7.21. The number of aromatic nitrogens is 2. The molecule has 1 fully saturated rings. The Labute approximate surface area is 201 Å². The van der Waals surface area contributed by atoms with E-state index in [4.69, 9.17) is 9.26 Å². The second-order valence-electron chi connectivity index (χ2n) is 9.13. The first-order valence-electron chi connectivity index (χ1n) is 12.2. The van der Waals surface area contributed by atoms with Crippen LogP contribution in [0.1, 0.15) is 44.6 Å². The van der Waals surface area contributed by atoms with E-state index in [0.717, 1.165) is 50.1 Å². The van der Waals surface area contributed by atoms with E-state index in [2.05, 4.69) is 32.5 Å². The summed E-state index contributed by atoms with van der Waals surface area (Å²) in [6.45, 7) is 7.08. The van der Waals surface area contributed by atoms with E-state index in [0.29, 0.717) is 24.8 Å². The Morgan fingerprint density at radius 1 is 1.12 bits per heavy atom. The number of carbonyl (C=O) groups excluding carboxylic acids is 1. The Balaban J connectivity index is 1.13. The number of nitrogens with zero attached hydrogens (tertiary/aromatic N) is 3. The van der Waals surface area contributed by atoms with Crippen LogP contribution in [0.4, 0.5) is 0 Å². The van der Waals surface area contributed by atoms with Crippen LogP contribution in [0.15, 0.2) is 59.1 Å². The fourth-order valence-electron chi connectivity index (χ4n) is 4.22. The van der Waals surface area contributed by atoms with Gasteiger partial charge < -0.3 is 14.6 Å². The number of likely N-dealkylation sites (tertiary alicyclic amines) is 1. The number of carbonyl (C=O) groups is 1. The Kier molecular flexibility index (Phi) is 8.31. The molecule has 34 heavy (non-hydrogen) atoms. The van der Waals surface area contributed by atoms with Gasteiger partial charge in [-0.3, -0.25) is 9.69 Å². The van der Waals surface area contributed by atoms with Crippen LogP contribution in [-0.2, 0) is 17.8 Å². The second kappa shape index (κ2) is 11.8. The number of amides is 1. The van der Waals surface area contributed by atoms with Crippen LogP contribution >= 0.6 is 0 Å². The number of ether oxygens (including phenoxy) is 1. The molecular formula is C27H34N4O3. The molecule has 0 atom stereocenters. The molecule has 1 N–H and O–H groups in total. The number of piperidine rings is 1. The van der Waals surface area contributed by atoms with Crippen molar-refractivity contribution < 1.29 is 14.1 Å². The third-order valence-electron chi connectivity index (χ3n) is 6.05. The monoisotopic (exact) mass is 462 g/mol. The van der Waals surface area contributed by atoms with Crippen LogP contribution < -0.4 is 10.1 Å². The summed E-state index contributed by atoms with van der Waals surface area (Å²) in [7, 11) is 0. The van der Waals surface area contributed by atoms with Gasteiger partial charge in [-0.25, -0.2) is 0 Å². The minimum absolute atomic E-state index is 0.0753. The Hall–Kier alpha value is -3.19. The van der Waals surface area contributed by atoms with Gasteiger partial charge in [-0.15, -0.1) is 0 Å². The van der Waals surface area contributed by atoms with Crippen LogP contribution in [0.3, 0.4) is 0 Å². The largest absolute Gasteiger partial charge is 0.491 e. The van der Waals surface area contributed by atoms with E-state index in [-0.39, 0.29) is 17.9 Å². The summed E-state index contributed by atoms with van der Waals surface area (Å²) >= 11 is 0. The lowest BCUT2D eigenvalue weighted by Gasteiger charge is -2.30. The molecule has 1 aliphatic rings. The first-order valence-corrected chi connectivity index (χ1v) is 12.2. The zero-order valence-corrected chi connectivity index (χ0v) is 20.1. The average molecular weight is 463 g/mol. The molecule has 180 valence electrons. The zero-order valence-electron chi connectivity index (χ0n) is 20.1. The van der Waals surface area contributed by atoms with Crippen LogP contribution in [0.2, 0.25) is 0 Å². The predicted octanol–water partition coefficient (Wildman–Crippen LogP) is 4.48. The summed E-state index contributed by atoms with van der Waals surface area (Å²) in [4.78, 5) is 19.4. The second-order valence-corrected chi connectivity index (χ2v) is 9.13. The van der Waals surface area contributed by atoms with Gasteiger partial charge in [0.25, 0.3) is 0 Å². The number of benzene rings is 2. The molecule has 3 aromatic rings. The van der Waals surface area contributed by atoms with Gasteiger partial charge >= 0.3 is 0 Å². The minimum atomic E-state index is 0.0753. The number of hydrogen-bond acceptors (Lipinski definition) is 6. The first-order chi connectivity index (χ1) is 16.6. The summed E-state index contributed by atoms with van der Waals surface area (Å²) in [5.41, 5.74) is 2.21. The molecule has 2 heterocycles. The maximum Gasteiger partial charge on any atom is 0.241 e. The maximum absolute atomic E-state index is 12.6. The van der Waals surface area contributed by atoms with Crippen molar-refractivity contribution in [3.63, 3.8) is 0 Å². The van der Waals surface area contributed by atoms with Gasteiger partial charge in [0, 0.05) is 18.0 Å². The van der Waals surface area contributed by atoms with Crippen LogP contribution in [0.5, 0.6) is 5.75 Å². The van der Waals surface area contributed by atoms with E-state index in [1.165, 1.54) is 5.56 Å². The summed E-state index contributed by atoms with van der Waals surface area (Å²) in [5.74, 6) is 2.38. The van der Waals surface area contributed by atoms with E-state index in [1.54, 1.807) is 0 Å². The van der Waals surface area contributed by atoms with Crippen molar-refractivity contribution in [2.45, 2.75) is 52.2 Å². The Bertz CT molecular complexity index is 1030. The van der Waals surface area contributed by atoms with Gasteiger partial charge in [-0.1, -0.05) is 47.6 Å². The molecule has 0 unspecified atom stereocenters. The minimum Gasteiger partial charge on any atom is -0.491 e. The topological polar surface area (TPSA) is 80.5 Å². The van der Waals surface area contributed by atoms with Crippen molar-refractivity contribution in [3.8, 4) is 17.1 Å². The van der Waals surface area contributed by atoms with Crippen molar-refractivity contribution in [3.05, 3.63) is 66.1 Å². The lowest BCUT2D eigenvalue weighted by molar-refractivity contribution is -0.126. The third-order valence-corrected chi connectivity index (χ3v) is 6.05. The number of hydrogen-bond donors (Lipinski definition) is 1. The highest BCUT2D eigenvalue weighted by Crippen LogP contribution is 2.21. The van der Waals surface area contributed by atoms with Crippen molar-refractivity contribution in [2.75, 3.05) is 19.6 Å². The Morgan fingerprint density at radius 2 is 1.85 bits per heavy atom. The van der Waals surface area contributed by atoms with E-state index in [9.17, 15) is 4.79 Å². The average Bonchev–Trinajstić information content (AvgIpc) is 3.32. The number of rotatable bonds is 10. The highest BCUT2D eigenvalue weighted by atomic mass is 16.5. The fourth-order valence-corrected chi connectivity index (χ4v) is 4.22. The molecule has 1 aliphatic heterocycles. The van der Waals surface area contributed by atoms with Crippen molar-refractivity contribution in [2.24, 2.45) is 5.92 Å². The van der Waals surface area contributed by atoms with E-state index >= 15 is 0 Å². The molecule has 4 rings (SSSR count). The van der Waals surface area contributed by atoms with Crippen molar-refractivity contribution in [1.82, 2.24) is 20.4 Å². The van der Waals surface area contributed by atoms with Gasteiger partial charge in [0.05, 0.1) is 12.6 Å². The van der Waals surface area contributed by atoms with Crippen molar-refractivity contribution in [1.29, 1.82) is 0 Å². The molecule has 1 saturated heterocycles. The lowest BCUT2D eigenvalue weighted by Crippen LogP contribution is -2.40.